The Morgan fingerprint density at radius 1 is 1.20 bits per heavy atom. The molecule has 0 spiro atoms. The minimum atomic E-state index is -5.08. The normalized spacial score (nSPS) is 14.1. The Kier molecular flexibility index (Phi) is 8.10. The number of aliphatic carboxylic acids is 1. The molecule has 0 bridgehead atoms. The Hall–Kier alpha value is -3.48. The number of hydrogen-bond donors (Lipinski definition) is 3. The number of aliphatic imine (C=N–C) groups is 2. The van der Waals surface area contributed by atoms with E-state index in [9.17, 15) is 18.3 Å². The first-order chi connectivity index (χ1) is 16.5. The van der Waals surface area contributed by atoms with E-state index in [-0.39, 0.29) is 5.88 Å². The average Bonchev–Trinajstić information content (AvgIpc) is 3.14. The van der Waals surface area contributed by atoms with Gasteiger partial charge < -0.3 is 15.5 Å². The second-order valence-electron chi connectivity index (χ2n) is 6.57. The van der Waals surface area contributed by atoms with Gasteiger partial charge in [0.25, 0.3) is 0 Å². The Balaban J connectivity index is 0.000000429. The summed E-state index contributed by atoms with van der Waals surface area (Å²) >= 11 is 13.6. The number of amidine groups is 1. The van der Waals surface area contributed by atoms with Crippen molar-refractivity contribution in [3.63, 3.8) is 0 Å². The number of para-hydroxylation sites is 1. The molecule has 0 atom stereocenters. The van der Waals surface area contributed by atoms with E-state index in [2.05, 4.69) is 25.3 Å². The molecule has 0 aliphatic carbocycles. The van der Waals surface area contributed by atoms with E-state index in [1.165, 1.54) is 17.7 Å². The molecule has 1 aliphatic heterocycles. The third kappa shape index (κ3) is 6.56. The minimum Gasteiger partial charge on any atom is -0.492 e. The van der Waals surface area contributed by atoms with Crippen molar-refractivity contribution in [2.75, 3.05) is 12.4 Å². The molecule has 0 amide bonds. The molecule has 8 nitrogen and oxygen atoms in total. The Labute approximate surface area is 209 Å². The number of thiazole rings is 1. The second-order valence-corrected chi connectivity index (χ2v) is 8.42. The van der Waals surface area contributed by atoms with E-state index in [1.807, 2.05) is 24.3 Å². The maximum absolute atomic E-state index is 10.6. The van der Waals surface area contributed by atoms with Crippen LogP contribution in [0.5, 0.6) is 5.88 Å². The van der Waals surface area contributed by atoms with Gasteiger partial charge in [-0.1, -0.05) is 46.7 Å². The summed E-state index contributed by atoms with van der Waals surface area (Å²) in [7, 11) is 1.69. The van der Waals surface area contributed by atoms with Crippen molar-refractivity contribution in [2.24, 2.45) is 15.0 Å². The van der Waals surface area contributed by atoms with Gasteiger partial charge in [0.05, 0.1) is 26.0 Å². The molecule has 182 valence electrons. The van der Waals surface area contributed by atoms with Gasteiger partial charge in [-0.15, -0.1) is 0 Å². The quantitative estimate of drug-likeness (QED) is 0.452. The molecule has 35 heavy (non-hydrogen) atoms. The number of benzene rings is 2. The van der Waals surface area contributed by atoms with Crippen molar-refractivity contribution in [3.05, 3.63) is 67.5 Å². The number of fused-ring (bicyclic) bond motifs is 1. The van der Waals surface area contributed by atoms with Gasteiger partial charge in [-0.25, -0.2) is 14.8 Å². The fraction of sp³-hybridized carbons (Fsp3) is 0.0952. The predicted octanol–water partition coefficient (Wildman–Crippen LogP) is 4.40. The first kappa shape index (κ1) is 26.1. The number of nitrogens with zero attached hydrogens (tertiary/aromatic N) is 4. The van der Waals surface area contributed by atoms with Gasteiger partial charge >= 0.3 is 12.1 Å². The van der Waals surface area contributed by atoms with Crippen molar-refractivity contribution < 1.29 is 28.2 Å². The van der Waals surface area contributed by atoms with Crippen LogP contribution in [0.2, 0.25) is 10.0 Å². The van der Waals surface area contributed by atoms with Gasteiger partial charge in [-0.05, 0) is 35.6 Å². The Bertz CT molecular complexity index is 1440. The second kappa shape index (κ2) is 10.8. The van der Waals surface area contributed by atoms with E-state index in [0.29, 0.717) is 31.6 Å². The monoisotopic (exact) mass is 543 g/mol. The lowest BCUT2D eigenvalue weighted by Gasteiger charge is -2.06. The fourth-order valence-corrected chi connectivity index (χ4v) is 3.99. The fourth-order valence-electron chi connectivity index (χ4n) is 2.68. The largest absolute Gasteiger partial charge is 0.492 e. The number of aromatic hydroxyl groups is 1. The zero-order chi connectivity index (χ0) is 25.8. The van der Waals surface area contributed by atoms with Crippen molar-refractivity contribution in [1.82, 2.24) is 4.98 Å². The van der Waals surface area contributed by atoms with E-state index >= 15 is 0 Å². The van der Waals surface area contributed by atoms with Crippen LogP contribution in [-0.4, -0.2) is 46.6 Å². The number of alkyl halides is 3. The van der Waals surface area contributed by atoms with Gasteiger partial charge in [0.15, 0.2) is 11.0 Å². The summed E-state index contributed by atoms with van der Waals surface area (Å²) in [5.41, 5.74) is 1.38. The number of aromatic nitrogens is 1. The van der Waals surface area contributed by atoms with Crippen molar-refractivity contribution in [2.45, 2.75) is 6.18 Å². The van der Waals surface area contributed by atoms with Crippen LogP contribution in [0.1, 0.15) is 10.4 Å². The lowest BCUT2D eigenvalue weighted by atomic mass is 10.1. The van der Waals surface area contributed by atoms with Crippen LogP contribution in [0.25, 0.3) is 6.08 Å². The molecular weight excluding hydrogens is 530 g/mol. The summed E-state index contributed by atoms with van der Waals surface area (Å²) in [5, 5.41) is 23.5. The molecule has 3 aromatic rings. The molecule has 0 fully saturated rings. The molecule has 0 saturated heterocycles. The maximum Gasteiger partial charge on any atom is 0.490 e. The SMILES string of the molecule is CN=C1N=CN=c2cc/c(=C\c3sc(Nc4c(Cl)cccc4Cl)nc3O)cc21.O=C(O)C(F)(F)F. The van der Waals surface area contributed by atoms with Gasteiger partial charge in [-0.2, -0.15) is 18.2 Å². The Morgan fingerprint density at radius 2 is 1.86 bits per heavy atom. The molecule has 1 aliphatic rings. The lowest BCUT2D eigenvalue weighted by Crippen LogP contribution is -2.22. The van der Waals surface area contributed by atoms with Gasteiger partial charge in [0.1, 0.15) is 6.34 Å². The first-order valence-electron chi connectivity index (χ1n) is 9.40. The molecule has 2 heterocycles. The first-order valence-corrected chi connectivity index (χ1v) is 11.0. The number of halogens is 5. The number of nitrogens with one attached hydrogen (secondary N) is 1. The number of carbonyl (C=O) groups is 1. The van der Waals surface area contributed by atoms with E-state index in [0.717, 1.165) is 16.1 Å². The smallest absolute Gasteiger partial charge is 0.490 e. The van der Waals surface area contributed by atoms with Crippen LogP contribution in [0.15, 0.2) is 51.4 Å². The molecule has 4 rings (SSSR count). The summed E-state index contributed by atoms with van der Waals surface area (Å²) in [4.78, 5) is 26.2. The highest BCUT2D eigenvalue weighted by Gasteiger charge is 2.38. The molecule has 3 N–H and O–H groups in total. The standard InChI is InChI=1S/C19H13Cl2N5OS.C2HF3O2/c1-22-17-11-7-10(5-6-14(11)23-9-24-17)8-15-18(27)26-19(28-15)25-16-12(20)3-2-4-13(16)21;3-2(4,5)1(6)7/h2-9,27H,1H3,(H,25,26);(H,6,7)/b10-8+,22-17?;. The van der Waals surface area contributed by atoms with Gasteiger partial charge in [0, 0.05) is 12.6 Å². The zero-order valence-electron chi connectivity index (χ0n) is 17.5. The molecule has 1 aromatic heterocycles. The summed E-state index contributed by atoms with van der Waals surface area (Å²) < 4.78 is 31.7. The summed E-state index contributed by atoms with van der Waals surface area (Å²) in [6.45, 7) is 0. The topological polar surface area (TPSA) is 120 Å². The maximum atomic E-state index is 10.6. The van der Waals surface area contributed by atoms with Crippen molar-refractivity contribution >= 4 is 69.6 Å². The van der Waals surface area contributed by atoms with Crippen LogP contribution in [0.4, 0.5) is 24.0 Å². The van der Waals surface area contributed by atoms with Crippen LogP contribution < -0.4 is 15.9 Å². The zero-order valence-corrected chi connectivity index (χ0v) is 19.8. The van der Waals surface area contributed by atoms with Crippen molar-refractivity contribution in [3.8, 4) is 5.88 Å². The number of hydrogen-bond acceptors (Lipinski definition) is 7. The van der Waals surface area contributed by atoms with Crippen molar-refractivity contribution in [1.29, 1.82) is 0 Å². The Morgan fingerprint density at radius 3 is 2.46 bits per heavy atom. The highest BCUT2D eigenvalue weighted by atomic mass is 35.5. The molecule has 0 radical (unpaired) electrons. The van der Waals surface area contributed by atoms with Gasteiger partial charge in [-0.3, -0.25) is 4.99 Å². The highest BCUT2D eigenvalue weighted by molar-refractivity contribution is 7.16. The summed E-state index contributed by atoms with van der Waals surface area (Å²) in [6.07, 6.45) is -1.76. The number of carboxylic acid groups (broad SMARTS) is 1. The highest BCUT2D eigenvalue weighted by Crippen LogP contribution is 2.36. The molecule has 14 heteroatoms. The molecule has 2 aromatic carbocycles. The molecular formula is C21H14Cl2F3N5O3S. The molecule has 0 saturated carbocycles. The lowest BCUT2D eigenvalue weighted by molar-refractivity contribution is -0.192. The van der Waals surface area contributed by atoms with Gasteiger partial charge in [0.2, 0.25) is 5.88 Å². The average molecular weight is 544 g/mol. The summed E-state index contributed by atoms with van der Waals surface area (Å²) in [6, 6.07) is 10.9. The van der Waals surface area contributed by atoms with E-state index in [1.54, 1.807) is 25.2 Å². The minimum absolute atomic E-state index is 0.0829. The van der Waals surface area contributed by atoms with Crippen LogP contribution in [-0.2, 0) is 4.79 Å². The number of anilines is 2. The van der Waals surface area contributed by atoms with Crippen LogP contribution in [0, 0.1) is 0 Å². The molecule has 0 unspecified atom stereocenters. The number of carboxylic acids is 1. The third-order valence-corrected chi connectivity index (χ3v) is 5.76. The number of rotatable bonds is 3. The van der Waals surface area contributed by atoms with E-state index < -0.39 is 12.1 Å². The van der Waals surface area contributed by atoms with E-state index in [4.69, 9.17) is 33.1 Å². The van der Waals surface area contributed by atoms with Crippen LogP contribution in [0.3, 0.4) is 0 Å². The van der Waals surface area contributed by atoms with Crippen LogP contribution >= 0.6 is 34.5 Å². The summed E-state index contributed by atoms with van der Waals surface area (Å²) in [5.74, 6) is -2.22. The predicted molar refractivity (Wildman–Crippen MR) is 129 cm³/mol. The third-order valence-electron chi connectivity index (χ3n) is 4.22.